The van der Waals surface area contributed by atoms with Crippen molar-refractivity contribution in [2.75, 3.05) is 13.1 Å². The molecule has 14 heteroatoms. The van der Waals surface area contributed by atoms with Crippen molar-refractivity contribution in [2.24, 2.45) is 10.2 Å². The number of pyridine rings is 1. The fourth-order valence-corrected chi connectivity index (χ4v) is 6.28. The van der Waals surface area contributed by atoms with Gasteiger partial charge in [-0.3, -0.25) is 9.36 Å². The Morgan fingerprint density at radius 2 is 1.78 bits per heavy atom. The molecule has 0 amide bonds. The van der Waals surface area contributed by atoms with Crippen LogP contribution in [-0.4, -0.2) is 59.1 Å². The van der Waals surface area contributed by atoms with Crippen LogP contribution in [0.25, 0.3) is 0 Å². The zero-order valence-corrected chi connectivity index (χ0v) is 26.8. The second-order valence-corrected chi connectivity index (χ2v) is 13.2. The van der Waals surface area contributed by atoms with Crippen molar-refractivity contribution in [3.63, 3.8) is 0 Å². The number of sulfonamides is 1. The van der Waals surface area contributed by atoms with E-state index in [2.05, 4.69) is 23.4 Å². The number of aromatic hydroxyl groups is 1. The Morgan fingerprint density at radius 1 is 1.16 bits per heavy atom. The summed E-state index contributed by atoms with van der Waals surface area (Å²) >= 11 is 0. The van der Waals surface area contributed by atoms with E-state index < -0.39 is 45.1 Å². The second kappa shape index (κ2) is 14.0. The summed E-state index contributed by atoms with van der Waals surface area (Å²) in [6.07, 6.45) is 0.479. The molecular weight excluding hydrogens is 602 g/mol. The zero-order chi connectivity index (χ0) is 33.7. The van der Waals surface area contributed by atoms with Crippen LogP contribution >= 0.6 is 0 Å². The molecule has 1 aromatic carbocycles. The number of carbonyl (C=O) groups is 2. The van der Waals surface area contributed by atoms with Crippen molar-refractivity contribution in [1.82, 2.24) is 8.87 Å². The summed E-state index contributed by atoms with van der Waals surface area (Å²) in [5.74, 6) is -1.83. The highest BCUT2D eigenvalue weighted by Gasteiger charge is 2.45. The number of rotatable bonds is 11. The van der Waals surface area contributed by atoms with Gasteiger partial charge in [0.1, 0.15) is 23.3 Å². The van der Waals surface area contributed by atoms with Crippen molar-refractivity contribution >= 4 is 33.3 Å². The molecular formula is C31H37N5O8S. The van der Waals surface area contributed by atoms with Gasteiger partial charge in [0, 0.05) is 29.7 Å². The third kappa shape index (κ3) is 7.92. The van der Waals surface area contributed by atoms with Gasteiger partial charge in [-0.1, -0.05) is 26.5 Å². The first-order valence-electron chi connectivity index (χ1n) is 14.2. The molecule has 3 rings (SSSR count). The highest BCUT2D eigenvalue weighted by molar-refractivity contribution is 7.89. The first kappa shape index (κ1) is 34.9. The number of nitriles is 1. The summed E-state index contributed by atoms with van der Waals surface area (Å²) in [4.78, 5) is 37.2. The standard InChI is InChI=1S/C31H37N5O8S/c1-8-9-14-36-27(37)25(16-32)21(6)26(28(36)38)34-33-22-10-12-24(13-11-22)45(41,42)35-17-23(43-29(39)19(2)3)15-31(7,18-35)44-30(40)20(4)5/h10-13,23,38H,2,4,8-9,14-15,17-18H2,1,3,5-7H3/b34-33+. The van der Waals surface area contributed by atoms with Gasteiger partial charge in [-0.25, -0.2) is 18.0 Å². The van der Waals surface area contributed by atoms with Crippen molar-refractivity contribution in [2.45, 2.75) is 77.0 Å². The van der Waals surface area contributed by atoms with Gasteiger partial charge in [0.2, 0.25) is 15.9 Å². The number of hydrogen-bond donors (Lipinski definition) is 1. The third-order valence-electron chi connectivity index (χ3n) is 7.13. The van der Waals surface area contributed by atoms with Crippen LogP contribution in [0.4, 0.5) is 11.4 Å². The van der Waals surface area contributed by atoms with E-state index in [1.807, 2.05) is 13.0 Å². The molecule has 2 aromatic rings. The highest BCUT2D eigenvalue weighted by atomic mass is 32.2. The monoisotopic (exact) mass is 639 g/mol. The largest absolute Gasteiger partial charge is 0.493 e. The number of aromatic nitrogens is 1. The smallest absolute Gasteiger partial charge is 0.333 e. The molecule has 240 valence electrons. The number of ether oxygens (including phenoxy) is 2. The molecule has 45 heavy (non-hydrogen) atoms. The molecule has 2 unspecified atom stereocenters. The molecule has 0 aliphatic carbocycles. The number of piperidine rings is 1. The lowest BCUT2D eigenvalue weighted by Crippen LogP contribution is -2.56. The number of carbonyl (C=O) groups excluding carboxylic acids is 2. The van der Waals surface area contributed by atoms with E-state index in [1.165, 1.54) is 45.0 Å². The molecule has 2 heterocycles. The highest BCUT2D eigenvalue weighted by Crippen LogP contribution is 2.34. The number of esters is 2. The van der Waals surface area contributed by atoms with Gasteiger partial charge in [0.25, 0.3) is 5.56 Å². The Bertz CT molecular complexity index is 1760. The molecule has 0 spiro atoms. The van der Waals surface area contributed by atoms with Crippen LogP contribution < -0.4 is 5.56 Å². The molecule has 13 nitrogen and oxygen atoms in total. The van der Waals surface area contributed by atoms with E-state index in [9.17, 15) is 33.2 Å². The van der Waals surface area contributed by atoms with Crippen LogP contribution in [0.3, 0.4) is 0 Å². The molecule has 1 fully saturated rings. The zero-order valence-electron chi connectivity index (χ0n) is 26.0. The van der Waals surface area contributed by atoms with Crippen LogP contribution in [0.5, 0.6) is 5.88 Å². The third-order valence-corrected chi connectivity index (χ3v) is 8.96. The number of benzene rings is 1. The Kier molecular flexibility index (Phi) is 10.9. The molecule has 0 saturated carbocycles. The van der Waals surface area contributed by atoms with Crippen LogP contribution in [0.1, 0.15) is 58.1 Å². The van der Waals surface area contributed by atoms with Crippen molar-refractivity contribution in [3.8, 4) is 11.9 Å². The van der Waals surface area contributed by atoms with Gasteiger partial charge in [-0.2, -0.15) is 14.7 Å². The summed E-state index contributed by atoms with van der Waals surface area (Å²) < 4.78 is 40.7. The van der Waals surface area contributed by atoms with Crippen LogP contribution in [0.15, 0.2) is 68.5 Å². The predicted molar refractivity (Wildman–Crippen MR) is 165 cm³/mol. The first-order valence-corrected chi connectivity index (χ1v) is 15.6. The Balaban J connectivity index is 1.93. The summed E-state index contributed by atoms with van der Waals surface area (Å²) in [6.45, 7) is 14.8. The van der Waals surface area contributed by atoms with Gasteiger partial charge >= 0.3 is 11.9 Å². The second-order valence-electron chi connectivity index (χ2n) is 11.2. The average Bonchev–Trinajstić information content (AvgIpc) is 2.97. The SMILES string of the molecule is C=C(C)C(=O)OC1CN(S(=O)(=O)c2ccc(/N=N/c3c(C)c(C#N)c(=O)n(CCCC)c3O)cc2)CC(C)(OC(=O)C(=C)C)C1. The summed E-state index contributed by atoms with van der Waals surface area (Å²) in [6, 6.07) is 7.26. The van der Waals surface area contributed by atoms with E-state index in [1.54, 1.807) is 6.92 Å². The Labute approximate surface area is 262 Å². The van der Waals surface area contributed by atoms with Crippen LogP contribution in [0, 0.1) is 18.3 Å². The topological polar surface area (TPSA) is 181 Å². The summed E-state index contributed by atoms with van der Waals surface area (Å²) in [5, 5.41) is 28.4. The van der Waals surface area contributed by atoms with Crippen molar-refractivity contribution < 1.29 is 32.6 Å². The Hall–Kier alpha value is -4.61. The molecule has 0 bridgehead atoms. The normalized spacial score (nSPS) is 18.7. The fourth-order valence-electron chi connectivity index (χ4n) is 4.70. The van der Waals surface area contributed by atoms with Crippen LogP contribution in [-0.2, 0) is 35.6 Å². The molecule has 2 atom stereocenters. The van der Waals surface area contributed by atoms with Gasteiger partial charge in [0.15, 0.2) is 5.69 Å². The maximum Gasteiger partial charge on any atom is 0.333 e. The van der Waals surface area contributed by atoms with Crippen molar-refractivity contribution in [3.05, 3.63) is 70.1 Å². The van der Waals surface area contributed by atoms with Crippen LogP contribution in [0.2, 0.25) is 0 Å². The predicted octanol–water partition coefficient (Wildman–Crippen LogP) is 4.71. The van der Waals surface area contributed by atoms with E-state index >= 15 is 0 Å². The van der Waals surface area contributed by atoms with Gasteiger partial charge < -0.3 is 14.6 Å². The molecule has 1 saturated heterocycles. The minimum atomic E-state index is -4.18. The maximum atomic E-state index is 13.7. The minimum absolute atomic E-state index is 0.0498. The molecule has 1 aliphatic rings. The lowest BCUT2D eigenvalue weighted by molar-refractivity contribution is -0.166. The number of unbranched alkanes of at least 4 members (excludes halogenated alkanes) is 1. The molecule has 1 aromatic heterocycles. The molecule has 1 aliphatic heterocycles. The lowest BCUT2D eigenvalue weighted by Gasteiger charge is -2.42. The first-order chi connectivity index (χ1) is 21.0. The summed E-state index contributed by atoms with van der Waals surface area (Å²) in [5.41, 5.74) is -1.50. The van der Waals surface area contributed by atoms with Gasteiger partial charge in [0.05, 0.1) is 23.7 Å². The fraction of sp³-hybridized carbons (Fsp3) is 0.419. The number of hydrogen-bond acceptors (Lipinski definition) is 11. The minimum Gasteiger partial charge on any atom is -0.493 e. The molecule has 1 N–H and O–H groups in total. The van der Waals surface area contributed by atoms with E-state index in [4.69, 9.17) is 9.47 Å². The van der Waals surface area contributed by atoms with E-state index in [0.29, 0.717) is 6.42 Å². The van der Waals surface area contributed by atoms with Gasteiger partial charge in [-0.15, -0.1) is 5.11 Å². The average molecular weight is 640 g/mol. The van der Waals surface area contributed by atoms with Gasteiger partial charge in [-0.05, 0) is 58.4 Å². The summed E-state index contributed by atoms with van der Waals surface area (Å²) in [7, 11) is -4.18. The van der Waals surface area contributed by atoms with E-state index in [0.717, 1.165) is 15.3 Å². The maximum absolute atomic E-state index is 13.7. The molecule has 0 radical (unpaired) electrons. The number of azo groups is 1. The quantitative estimate of drug-likeness (QED) is 0.207. The van der Waals surface area contributed by atoms with E-state index in [-0.39, 0.29) is 64.6 Å². The Morgan fingerprint density at radius 3 is 2.33 bits per heavy atom. The number of nitrogens with zero attached hydrogens (tertiary/aromatic N) is 5. The lowest BCUT2D eigenvalue weighted by atomic mass is 9.94. The van der Waals surface area contributed by atoms with Crippen molar-refractivity contribution in [1.29, 1.82) is 5.26 Å².